The van der Waals surface area contributed by atoms with Gasteiger partial charge in [-0.2, -0.15) is 0 Å². The van der Waals surface area contributed by atoms with Crippen LogP contribution in [0.1, 0.15) is 58.4 Å². The molecule has 1 saturated heterocycles. The minimum absolute atomic E-state index is 0.0783. The monoisotopic (exact) mass is 465 g/mol. The molecule has 2 fully saturated rings. The van der Waals surface area contributed by atoms with Gasteiger partial charge in [-0.05, 0) is 76.5 Å². The van der Waals surface area contributed by atoms with E-state index in [1.165, 1.54) is 0 Å². The predicted octanol–water partition coefficient (Wildman–Crippen LogP) is 2.82. The number of nitrogens with one attached hydrogen (secondary N) is 2. The summed E-state index contributed by atoms with van der Waals surface area (Å²) in [4.78, 5) is 26.5. The average molecular weight is 466 g/mol. The lowest BCUT2D eigenvalue weighted by molar-refractivity contribution is -0.132. The van der Waals surface area contributed by atoms with Gasteiger partial charge in [-0.25, -0.2) is 17.9 Å². The zero-order valence-electron chi connectivity index (χ0n) is 19.2. The van der Waals surface area contributed by atoms with Gasteiger partial charge >= 0.3 is 6.09 Å². The topological polar surface area (TPSA) is 105 Å². The minimum Gasteiger partial charge on any atom is -0.444 e. The Morgan fingerprint density at radius 1 is 1.06 bits per heavy atom. The van der Waals surface area contributed by atoms with Gasteiger partial charge in [0.15, 0.2) is 0 Å². The summed E-state index contributed by atoms with van der Waals surface area (Å²) < 4.78 is 32.4. The summed E-state index contributed by atoms with van der Waals surface area (Å²) in [5.41, 5.74) is 0.433. The molecule has 1 aliphatic carbocycles. The second kappa shape index (κ2) is 10.2. The van der Waals surface area contributed by atoms with Crippen molar-refractivity contribution < 1.29 is 22.7 Å². The molecule has 8 nitrogen and oxygen atoms in total. The summed E-state index contributed by atoms with van der Waals surface area (Å²) in [5, 5.41) is 2.82. The number of hydrogen-bond acceptors (Lipinski definition) is 5. The Morgan fingerprint density at radius 2 is 1.69 bits per heavy atom. The van der Waals surface area contributed by atoms with Gasteiger partial charge in [0.1, 0.15) is 5.60 Å². The molecule has 0 aromatic heterocycles. The van der Waals surface area contributed by atoms with E-state index in [4.69, 9.17) is 4.74 Å². The van der Waals surface area contributed by atoms with Gasteiger partial charge in [0.2, 0.25) is 15.9 Å². The number of nitrogens with zero attached hydrogens (tertiary/aromatic N) is 1. The molecule has 2 amide bonds. The number of rotatable bonds is 8. The fraction of sp³-hybridized carbons (Fsp3) is 0.652. The van der Waals surface area contributed by atoms with Crippen LogP contribution in [-0.2, 0) is 26.0 Å². The highest BCUT2D eigenvalue weighted by Crippen LogP contribution is 2.23. The molecular formula is C23H35N3O5S. The van der Waals surface area contributed by atoms with Gasteiger partial charge in [-0.1, -0.05) is 12.1 Å². The Morgan fingerprint density at radius 3 is 2.25 bits per heavy atom. The van der Waals surface area contributed by atoms with Crippen molar-refractivity contribution in [3.63, 3.8) is 0 Å². The molecule has 1 aromatic carbocycles. The maximum atomic E-state index is 12.6. The number of carbonyl (C=O) groups excluding carboxylic acids is 2. The van der Waals surface area contributed by atoms with Crippen LogP contribution in [0.2, 0.25) is 0 Å². The molecular weight excluding hydrogens is 430 g/mol. The van der Waals surface area contributed by atoms with Gasteiger partial charge in [0.25, 0.3) is 0 Å². The minimum atomic E-state index is -3.45. The summed E-state index contributed by atoms with van der Waals surface area (Å²) >= 11 is 0. The Bertz CT molecular complexity index is 897. The van der Waals surface area contributed by atoms with E-state index in [-0.39, 0.29) is 16.8 Å². The number of benzene rings is 1. The third kappa shape index (κ3) is 7.78. The number of sulfonamides is 1. The van der Waals surface area contributed by atoms with Crippen LogP contribution in [0.15, 0.2) is 29.2 Å². The van der Waals surface area contributed by atoms with Crippen LogP contribution in [0, 0.1) is 5.92 Å². The van der Waals surface area contributed by atoms with Crippen molar-refractivity contribution in [3.05, 3.63) is 29.8 Å². The fourth-order valence-electron chi connectivity index (χ4n) is 3.66. The lowest BCUT2D eigenvalue weighted by Gasteiger charge is -2.32. The van der Waals surface area contributed by atoms with Crippen LogP contribution in [0.3, 0.4) is 0 Å². The van der Waals surface area contributed by atoms with E-state index in [0.717, 1.165) is 31.2 Å². The summed E-state index contributed by atoms with van der Waals surface area (Å²) in [7, 11) is -3.45. The maximum Gasteiger partial charge on any atom is 0.407 e. The molecule has 0 radical (unpaired) electrons. The highest BCUT2D eigenvalue weighted by Gasteiger charge is 2.28. The van der Waals surface area contributed by atoms with Crippen LogP contribution >= 0.6 is 0 Å². The van der Waals surface area contributed by atoms with Crippen molar-refractivity contribution in [1.82, 2.24) is 14.9 Å². The van der Waals surface area contributed by atoms with E-state index in [0.29, 0.717) is 38.4 Å². The summed E-state index contributed by atoms with van der Waals surface area (Å²) in [6.07, 6.45) is 4.07. The molecule has 0 atom stereocenters. The first kappa shape index (κ1) is 24.5. The molecule has 32 heavy (non-hydrogen) atoms. The number of carbonyl (C=O) groups is 2. The normalized spacial score (nSPS) is 17.8. The summed E-state index contributed by atoms with van der Waals surface area (Å²) in [5.74, 6) is 0.445. The van der Waals surface area contributed by atoms with Crippen molar-refractivity contribution in [2.24, 2.45) is 5.92 Å². The van der Waals surface area contributed by atoms with Crippen molar-refractivity contribution in [2.75, 3.05) is 19.6 Å². The zero-order chi connectivity index (χ0) is 23.4. The van der Waals surface area contributed by atoms with Crippen molar-refractivity contribution in [3.8, 4) is 0 Å². The van der Waals surface area contributed by atoms with Crippen LogP contribution in [-0.4, -0.2) is 56.6 Å². The molecule has 0 spiro atoms. The van der Waals surface area contributed by atoms with Crippen LogP contribution in [0.5, 0.6) is 0 Å². The number of piperidine rings is 1. The first-order valence-corrected chi connectivity index (χ1v) is 12.9. The predicted molar refractivity (Wildman–Crippen MR) is 122 cm³/mol. The van der Waals surface area contributed by atoms with Crippen molar-refractivity contribution in [2.45, 2.75) is 75.8 Å². The third-order valence-electron chi connectivity index (χ3n) is 5.66. The fourth-order valence-corrected chi connectivity index (χ4v) is 4.97. The lowest BCUT2D eigenvalue weighted by atomic mass is 9.96. The number of ether oxygens (including phenoxy) is 1. The number of alkyl carbamates (subject to hydrolysis) is 1. The highest BCUT2D eigenvalue weighted by atomic mass is 32.2. The second-order valence-corrected chi connectivity index (χ2v) is 11.5. The number of likely N-dealkylation sites (tertiary alicyclic amines) is 1. The Balaban J connectivity index is 1.37. The first-order chi connectivity index (χ1) is 15.0. The highest BCUT2D eigenvalue weighted by molar-refractivity contribution is 7.89. The van der Waals surface area contributed by atoms with Gasteiger partial charge < -0.3 is 15.0 Å². The molecule has 1 aromatic rings. The van der Waals surface area contributed by atoms with Crippen LogP contribution in [0.25, 0.3) is 0 Å². The number of hydrogen-bond donors (Lipinski definition) is 2. The quantitative estimate of drug-likeness (QED) is 0.614. The second-order valence-electron chi connectivity index (χ2n) is 9.75. The lowest BCUT2D eigenvalue weighted by Crippen LogP contribution is -2.42. The standard InChI is InChI=1S/C23H35N3O5S/c1-23(2,3)31-22(28)24-16-18-12-14-26(15-13-18)21(27)11-6-17-4-9-20(10-5-17)32(29,30)25-19-7-8-19/h4-5,9-10,18-19,25H,6-8,11-16H2,1-3H3,(H,24,28). The van der Waals surface area contributed by atoms with Gasteiger partial charge in [0.05, 0.1) is 4.90 Å². The molecule has 3 rings (SSSR count). The Hall–Kier alpha value is -2.13. The smallest absolute Gasteiger partial charge is 0.407 e. The van der Waals surface area contributed by atoms with Gasteiger partial charge in [0, 0.05) is 32.1 Å². The molecule has 1 aliphatic heterocycles. The van der Waals surface area contributed by atoms with E-state index in [9.17, 15) is 18.0 Å². The Labute approximate surface area is 191 Å². The van der Waals surface area contributed by atoms with Gasteiger partial charge in [-0.3, -0.25) is 4.79 Å². The molecule has 0 unspecified atom stereocenters. The van der Waals surface area contributed by atoms with Crippen LogP contribution in [0.4, 0.5) is 4.79 Å². The van der Waals surface area contributed by atoms with Gasteiger partial charge in [-0.15, -0.1) is 0 Å². The van der Waals surface area contributed by atoms with E-state index in [2.05, 4.69) is 10.0 Å². The van der Waals surface area contributed by atoms with Crippen molar-refractivity contribution >= 4 is 22.0 Å². The third-order valence-corrected chi connectivity index (χ3v) is 7.20. The van der Waals surface area contributed by atoms with E-state index in [1.807, 2.05) is 25.7 Å². The first-order valence-electron chi connectivity index (χ1n) is 11.4. The largest absolute Gasteiger partial charge is 0.444 e. The molecule has 0 bridgehead atoms. The molecule has 1 saturated carbocycles. The number of aryl methyl sites for hydroxylation is 1. The van der Waals surface area contributed by atoms with E-state index >= 15 is 0 Å². The summed E-state index contributed by atoms with van der Waals surface area (Å²) in [6, 6.07) is 6.85. The molecule has 178 valence electrons. The molecule has 2 N–H and O–H groups in total. The van der Waals surface area contributed by atoms with E-state index in [1.54, 1.807) is 24.3 Å². The Kier molecular flexibility index (Phi) is 7.82. The van der Waals surface area contributed by atoms with Crippen molar-refractivity contribution in [1.29, 1.82) is 0 Å². The molecule has 2 aliphatic rings. The summed E-state index contributed by atoms with van der Waals surface area (Å²) in [6.45, 7) is 7.42. The average Bonchev–Trinajstić information content (AvgIpc) is 3.53. The zero-order valence-corrected chi connectivity index (χ0v) is 20.0. The molecule has 9 heteroatoms. The SMILES string of the molecule is CC(C)(C)OC(=O)NCC1CCN(C(=O)CCc2ccc(S(=O)(=O)NC3CC3)cc2)CC1. The molecule has 1 heterocycles. The van der Waals surface area contributed by atoms with E-state index < -0.39 is 21.7 Å². The number of amides is 2. The van der Waals surface area contributed by atoms with Crippen LogP contribution < -0.4 is 10.0 Å². The maximum absolute atomic E-state index is 12.6.